The van der Waals surface area contributed by atoms with E-state index in [2.05, 4.69) is 15.3 Å². The van der Waals surface area contributed by atoms with Gasteiger partial charge in [-0.1, -0.05) is 18.5 Å². The zero-order chi connectivity index (χ0) is 22.3. The van der Waals surface area contributed by atoms with Gasteiger partial charge >= 0.3 is 6.18 Å². The van der Waals surface area contributed by atoms with Crippen LogP contribution in [0.2, 0.25) is 5.02 Å². The number of aromatic nitrogens is 1. The lowest BCUT2D eigenvalue weighted by Gasteiger charge is -2.43. The van der Waals surface area contributed by atoms with Gasteiger partial charge in [-0.3, -0.25) is 4.79 Å². The normalized spacial score (nSPS) is 24.0. The van der Waals surface area contributed by atoms with Crippen molar-refractivity contribution in [3.8, 4) is 0 Å². The van der Waals surface area contributed by atoms with E-state index in [-0.39, 0.29) is 11.4 Å². The predicted molar refractivity (Wildman–Crippen MR) is 103 cm³/mol. The molecule has 30 heavy (non-hydrogen) atoms. The Morgan fingerprint density at radius 3 is 2.57 bits per heavy atom. The van der Waals surface area contributed by atoms with Gasteiger partial charge in [0.15, 0.2) is 5.54 Å². The third-order valence-corrected chi connectivity index (χ3v) is 5.21. The molecule has 1 aliphatic rings. The van der Waals surface area contributed by atoms with E-state index < -0.39 is 47.0 Å². The number of halogens is 5. The summed E-state index contributed by atoms with van der Waals surface area (Å²) in [5.74, 6) is -3.16. The number of pyridine rings is 1. The Morgan fingerprint density at radius 1 is 1.27 bits per heavy atom. The Hall–Kier alpha value is -2.88. The third-order valence-electron chi connectivity index (χ3n) is 4.98. The van der Waals surface area contributed by atoms with Crippen molar-refractivity contribution in [2.45, 2.75) is 31.7 Å². The maximum atomic E-state index is 14.7. The van der Waals surface area contributed by atoms with Crippen molar-refractivity contribution in [1.82, 2.24) is 4.98 Å². The second-order valence-electron chi connectivity index (χ2n) is 6.84. The molecule has 1 unspecified atom stereocenters. The monoisotopic (exact) mass is 444 g/mol. The fraction of sp³-hybridized carbons (Fsp3) is 0.316. The van der Waals surface area contributed by atoms with Crippen molar-refractivity contribution in [3.05, 3.63) is 58.6 Å². The Kier molecular flexibility index (Phi) is 5.64. The summed E-state index contributed by atoms with van der Waals surface area (Å²) in [5.41, 5.74) is 1.61. The summed E-state index contributed by atoms with van der Waals surface area (Å²) >= 11 is 5.72. The lowest BCUT2D eigenvalue weighted by Crippen LogP contribution is -2.55. The van der Waals surface area contributed by atoms with E-state index >= 15 is 0 Å². The summed E-state index contributed by atoms with van der Waals surface area (Å²) in [6.45, 7) is 2.64. The first-order valence-corrected chi connectivity index (χ1v) is 9.15. The van der Waals surface area contributed by atoms with Crippen LogP contribution in [-0.4, -0.2) is 29.2 Å². The highest BCUT2D eigenvalue weighted by Crippen LogP contribution is 2.52. The first-order chi connectivity index (χ1) is 14.0. The lowest BCUT2D eigenvalue weighted by molar-refractivity contribution is -0.217. The minimum atomic E-state index is -4.99. The number of hydrogen-bond donors (Lipinski definition) is 2. The second kappa shape index (κ2) is 7.75. The van der Waals surface area contributed by atoms with E-state index in [1.807, 2.05) is 0 Å². The van der Waals surface area contributed by atoms with E-state index in [0.29, 0.717) is 5.02 Å². The molecule has 0 saturated heterocycles. The number of carbonyl (C=O) groups is 1. The van der Waals surface area contributed by atoms with Crippen LogP contribution in [-0.2, 0) is 10.3 Å². The molecule has 1 aliphatic heterocycles. The first-order valence-electron chi connectivity index (χ1n) is 8.77. The van der Waals surface area contributed by atoms with E-state index in [4.69, 9.17) is 22.1 Å². The fourth-order valence-corrected chi connectivity index (χ4v) is 3.43. The number of nitrogens with one attached hydrogen (secondary N) is 1. The second-order valence-corrected chi connectivity index (χ2v) is 7.27. The number of hydrogen-bond acceptors (Lipinski definition) is 5. The standard InChI is InChI=1S/C19H17ClF4N4O2/c1-9-10(2)30-17(25)28-18(9,19(22,23)24)13-7-12(4-5-14(13)21)27-16(29)15-6-3-11(20)8-26-15/h3-10H,1-2H3,(H2,25,28)(H,27,29)/t9-,10?,18-/m1/s1. The van der Waals surface area contributed by atoms with Crippen molar-refractivity contribution >= 4 is 29.2 Å². The minimum Gasteiger partial charge on any atom is -0.462 e. The van der Waals surface area contributed by atoms with Crippen LogP contribution in [0.1, 0.15) is 29.9 Å². The fourth-order valence-electron chi connectivity index (χ4n) is 3.31. The molecule has 11 heteroatoms. The van der Waals surface area contributed by atoms with Gasteiger partial charge in [0.25, 0.3) is 11.9 Å². The van der Waals surface area contributed by atoms with Gasteiger partial charge < -0.3 is 15.8 Å². The number of nitrogens with zero attached hydrogens (tertiary/aromatic N) is 2. The van der Waals surface area contributed by atoms with Gasteiger partial charge in [-0.2, -0.15) is 13.2 Å². The largest absolute Gasteiger partial charge is 0.462 e. The summed E-state index contributed by atoms with van der Waals surface area (Å²) in [7, 11) is 0. The van der Waals surface area contributed by atoms with Gasteiger partial charge in [0.05, 0.1) is 5.02 Å². The summed E-state index contributed by atoms with van der Waals surface area (Å²) in [5, 5.41) is 2.71. The SMILES string of the molecule is CC1OC(N)=N[C@](c2cc(NC(=O)c3ccc(Cl)cn3)ccc2F)(C(F)(F)F)[C@@H]1C. The number of alkyl halides is 3. The van der Waals surface area contributed by atoms with Gasteiger partial charge in [0.1, 0.15) is 17.6 Å². The van der Waals surface area contributed by atoms with Gasteiger partial charge in [-0.15, -0.1) is 0 Å². The number of anilines is 1. The van der Waals surface area contributed by atoms with E-state index in [1.165, 1.54) is 32.2 Å². The Bertz CT molecular complexity index is 997. The minimum absolute atomic E-state index is 0.0221. The molecule has 6 nitrogen and oxygen atoms in total. The van der Waals surface area contributed by atoms with Crippen LogP contribution in [0.5, 0.6) is 0 Å². The molecule has 0 spiro atoms. The molecule has 2 aromatic rings. The highest BCUT2D eigenvalue weighted by molar-refractivity contribution is 6.30. The highest BCUT2D eigenvalue weighted by atomic mass is 35.5. The van der Waals surface area contributed by atoms with Gasteiger partial charge in [-0.05, 0) is 37.3 Å². The molecule has 0 radical (unpaired) electrons. The van der Waals surface area contributed by atoms with E-state index in [9.17, 15) is 22.4 Å². The zero-order valence-corrected chi connectivity index (χ0v) is 16.6. The van der Waals surface area contributed by atoms with Gasteiger partial charge in [0.2, 0.25) is 0 Å². The molecule has 1 aromatic heterocycles. The molecule has 1 aromatic carbocycles. The van der Waals surface area contributed by atoms with Crippen LogP contribution in [0.4, 0.5) is 23.2 Å². The molecular formula is C19H17ClF4N4O2. The summed E-state index contributed by atoms with van der Waals surface area (Å²) in [6, 6.07) is 4.93. The number of amides is 1. The average Bonchev–Trinajstić information content (AvgIpc) is 2.66. The molecule has 3 N–H and O–H groups in total. The highest BCUT2D eigenvalue weighted by Gasteiger charge is 2.64. The van der Waals surface area contributed by atoms with Crippen LogP contribution >= 0.6 is 11.6 Å². The number of benzene rings is 1. The molecule has 2 heterocycles. The van der Waals surface area contributed by atoms with Gasteiger partial charge in [0, 0.05) is 23.4 Å². The quantitative estimate of drug-likeness (QED) is 0.692. The molecule has 3 rings (SSSR count). The molecule has 0 bridgehead atoms. The maximum Gasteiger partial charge on any atom is 0.418 e. The molecule has 0 fully saturated rings. The number of ether oxygens (including phenoxy) is 1. The molecule has 3 atom stereocenters. The summed E-state index contributed by atoms with van der Waals surface area (Å²) < 4.78 is 62.5. The van der Waals surface area contributed by atoms with Crippen molar-refractivity contribution in [3.63, 3.8) is 0 Å². The molecule has 0 saturated carbocycles. The summed E-state index contributed by atoms with van der Waals surface area (Å²) in [6.07, 6.45) is -4.73. The number of nitrogens with two attached hydrogens (primary N) is 1. The Labute approximate surface area is 174 Å². The number of carbonyl (C=O) groups excluding carboxylic acids is 1. The third kappa shape index (κ3) is 3.79. The summed E-state index contributed by atoms with van der Waals surface area (Å²) in [4.78, 5) is 19.7. The van der Waals surface area contributed by atoms with Crippen LogP contribution in [0.25, 0.3) is 0 Å². The number of amidine groups is 1. The number of rotatable bonds is 3. The van der Waals surface area contributed by atoms with Crippen molar-refractivity contribution < 1.29 is 27.1 Å². The Balaban J connectivity index is 2.07. The van der Waals surface area contributed by atoms with Crippen LogP contribution in [0.15, 0.2) is 41.5 Å². The zero-order valence-electron chi connectivity index (χ0n) is 15.8. The smallest absolute Gasteiger partial charge is 0.418 e. The predicted octanol–water partition coefficient (Wildman–Crippen LogP) is 4.25. The van der Waals surface area contributed by atoms with Crippen molar-refractivity contribution in [2.75, 3.05) is 5.32 Å². The van der Waals surface area contributed by atoms with Crippen LogP contribution in [0.3, 0.4) is 0 Å². The molecular weight excluding hydrogens is 428 g/mol. The first kappa shape index (κ1) is 21.8. The molecule has 0 aliphatic carbocycles. The van der Waals surface area contributed by atoms with E-state index in [1.54, 1.807) is 0 Å². The lowest BCUT2D eigenvalue weighted by atomic mass is 9.75. The Morgan fingerprint density at radius 2 is 1.97 bits per heavy atom. The van der Waals surface area contributed by atoms with E-state index in [0.717, 1.165) is 18.2 Å². The van der Waals surface area contributed by atoms with Gasteiger partial charge in [-0.25, -0.2) is 14.4 Å². The van der Waals surface area contributed by atoms with Crippen molar-refractivity contribution in [2.24, 2.45) is 16.6 Å². The van der Waals surface area contributed by atoms with Crippen LogP contribution in [0, 0.1) is 11.7 Å². The average molecular weight is 445 g/mol. The molecule has 160 valence electrons. The topological polar surface area (TPSA) is 89.6 Å². The van der Waals surface area contributed by atoms with Crippen molar-refractivity contribution in [1.29, 1.82) is 0 Å². The molecule has 1 amide bonds. The number of aliphatic imine (C=N–C) groups is 1. The maximum absolute atomic E-state index is 14.7. The van der Waals surface area contributed by atoms with Crippen LogP contribution < -0.4 is 11.1 Å².